The van der Waals surface area contributed by atoms with Crippen LogP contribution in [0.2, 0.25) is 0 Å². The van der Waals surface area contributed by atoms with Crippen molar-refractivity contribution in [2.45, 2.75) is 12.8 Å². The van der Waals surface area contributed by atoms with Gasteiger partial charge in [0.1, 0.15) is 4.83 Å². The fourth-order valence-corrected chi connectivity index (χ4v) is 5.79. The summed E-state index contributed by atoms with van der Waals surface area (Å²) < 4.78 is 0. The summed E-state index contributed by atoms with van der Waals surface area (Å²) in [5, 5.41) is 9.41. The summed E-state index contributed by atoms with van der Waals surface area (Å²) in [6, 6.07) is 9.63. The molecule has 5 heterocycles. The second-order valence-electron chi connectivity index (χ2n) is 8.78. The van der Waals surface area contributed by atoms with Crippen molar-refractivity contribution in [1.29, 1.82) is 0 Å². The Morgan fingerprint density at radius 2 is 1.85 bits per heavy atom. The molecule has 4 aromatic rings. The fraction of sp³-hybridized carbons (Fsp3) is 0.280. The number of aromatic nitrogens is 3. The average molecular weight is 473 g/mol. The number of benzene rings is 1. The maximum absolute atomic E-state index is 13.1. The molecule has 2 aliphatic rings. The molecular weight excluding hydrogens is 448 g/mol. The number of hydrogen-bond donors (Lipinski definition) is 3. The van der Waals surface area contributed by atoms with Crippen LogP contribution >= 0.6 is 11.3 Å². The highest BCUT2D eigenvalue weighted by molar-refractivity contribution is 7.16. The topological polar surface area (TPSA) is 103 Å². The Morgan fingerprint density at radius 1 is 1.06 bits per heavy atom. The first-order valence-corrected chi connectivity index (χ1v) is 12.3. The molecule has 34 heavy (non-hydrogen) atoms. The predicted molar refractivity (Wildman–Crippen MR) is 135 cm³/mol. The molecule has 1 fully saturated rings. The molecule has 172 valence electrons. The van der Waals surface area contributed by atoms with Gasteiger partial charge in [-0.2, -0.15) is 0 Å². The number of aromatic amines is 1. The van der Waals surface area contributed by atoms with Gasteiger partial charge in [-0.1, -0.05) is 18.2 Å². The number of piperidine rings is 1. The van der Waals surface area contributed by atoms with Crippen LogP contribution in [0.4, 0.5) is 5.95 Å². The van der Waals surface area contributed by atoms with E-state index in [0.717, 1.165) is 53.6 Å². The maximum Gasteiger partial charge on any atom is 0.261 e. The predicted octanol–water partition coefficient (Wildman–Crippen LogP) is 3.18. The maximum atomic E-state index is 13.1. The summed E-state index contributed by atoms with van der Waals surface area (Å²) >= 11 is 1.56. The van der Waals surface area contributed by atoms with Crippen LogP contribution in [0.15, 0.2) is 41.9 Å². The second-order valence-corrected chi connectivity index (χ2v) is 9.69. The zero-order valence-corrected chi connectivity index (χ0v) is 19.5. The van der Waals surface area contributed by atoms with E-state index in [0.29, 0.717) is 34.3 Å². The zero-order valence-electron chi connectivity index (χ0n) is 18.7. The molecule has 9 heteroatoms. The number of amides is 2. The average Bonchev–Trinajstić information content (AvgIpc) is 3.54. The molecule has 2 amide bonds. The molecule has 6 rings (SSSR count). The lowest BCUT2D eigenvalue weighted by Crippen LogP contribution is -2.37. The first-order valence-electron chi connectivity index (χ1n) is 11.5. The highest BCUT2D eigenvalue weighted by Crippen LogP contribution is 2.38. The van der Waals surface area contributed by atoms with Crippen LogP contribution in [0.5, 0.6) is 0 Å². The SMILES string of the molecule is CNCC1CCN(c2nc(C3=C(c4c[nH]c5sccc45)C(=O)NC3=O)c3ccccc3n2)CC1. The number of nitrogens with one attached hydrogen (secondary N) is 3. The molecule has 0 radical (unpaired) electrons. The number of nitrogens with zero attached hydrogens (tertiary/aromatic N) is 3. The van der Waals surface area contributed by atoms with Gasteiger partial charge in [-0.05, 0) is 49.9 Å². The van der Waals surface area contributed by atoms with Crippen molar-refractivity contribution in [2.75, 3.05) is 31.6 Å². The van der Waals surface area contributed by atoms with Crippen LogP contribution in [0.3, 0.4) is 0 Å². The van der Waals surface area contributed by atoms with Crippen LogP contribution in [-0.4, -0.2) is 53.4 Å². The number of para-hydroxylation sites is 1. The van der Waals surface area contributed by atoms with E-state index in [4.69, 9.17) is 9.97 Å². The molecule has 3 N–H and O–H groups in total. The monoisotopic (exact) mass is 472 g/mol. The second kappa shape index (κ2) is 8.34. The van der Waals surface area contributed by atoms with Gasteiger partial charge in [-0.25, -0.2) is 9.97 Å². The van der Waals surface area contributed by atoms with Gasteiger partial charge >= 0.3 is 0 Å². The Morgan fingerprint density at radius 3 is 2.68 bits per heavy atom. The van der Waals surface area contributed by atoms with Gasteiger partial charge in [0.05, 0.1) is 22.4 Å². The van der Waals surface area contributed by atoms with Gasteiger partial charge < -0.3 is 15.2 Å². The van der Waals surface area contributed by atoms with E-state index in [1.54, 1.807) is 17.5 Å². The zero-order chi connectivity index (χ0) is 23.2. The summed E-state index contributed by atoms with van der Waals surface area (Å²) in [5.41, 5.74) is 2.64. The highest BCUT2D eigenvalue weighted by Gasteiger charge is 2.36. The fourth-order valence-electron chi connectivity index (χ4n) is 5.02. The largest absolute Gasteiger partial charge is 0.352 e. The van der Waals surface area contributed by atoms with Crippen molar-refractivity contribution >= 4 is 61.4 Å². The van der Waals surface area contributed by atoms with Crippen LogP contribution in [0.1, 0.15) is 24.1 Å². The van der Waals surface area contributed by atoms with Gasteiger partial charge in [-0.15, -0.1) is 11.3 Å². The molecular formula is C25H24N6O2S. The van der Waals surface area contributed by atoms with Crippen molar-refractivity contribution in [3.8, 4) is 0 Å². The highest BCUT2D eigenvalue weighted by atomic mass is 32.1. The summed E-state index contributed by atoms with van der Waals surface area (Å²) in [6.07, 6.45) is 3.91. The number of carbonyl (C=O) groups excluding carboxylic acids is 2. The third kappa shape index (κ3) is 3.39. The minimum Gasteiger partial charge on any atom is -0.352 e. The third-order valence-electron chi connectivity index (χ3n) is 6.72. The lowest BCUT2D eigenvalue weighted by atomic mass is 9.96. The number of H-pyrrole nitrogens is 1. The van der Waals surface area contributed by atoms with E-state index in [1.807, 2.05) is 42.8 Å². The standard InChI is InChI=1S/C25H24N6O2S/c1-26-12-14-6-9-31(10-7-14)25-28-18-5-3-2-4-16(18)21(29-25)20-19(22(32)30-23(20)33)17-13-27-24-15(17)8-11-34-24/h2-5,8,11,13-14,26-27H,6-7,9-10,12H2,1H3,(H,30,32,33). The summed E-state index contributed by atoms with van der Waals surface area (Å²) in [6.45, 7) is 2.72. The molecule has 8 nitrogen and oxygen atoms in total. The number of thiophene rings is 1. The van der Waals surface area contributed by atoms with Crippen LogP contribution in [0.25, 0.3) is 32.3 Å². The minimum atomic E-state index is -0.424. The number of rotatable bonds is 5. The minimum absolute atomic E-state index is 0.307. The molecule has 0 spiro atoms. The Bertz CT molecular complexity index is 1460. The lowest BCUT2D eigenvalue weighted by Gasteiger charge is -2.32. The quantitative estimate of drug-likeness (QED) is 0.386. The van der Waals surface area contributed by atoms with Gasteiger partial charge in [0, 0.05) is 35.6 Å². The summed E-state index contributed by atoms with van der Waals surface area (Å²) in [7, 11) is 1.98. The number of anilines is 1. The van der Waals surface area contributed by atoms with Crippen LogP contribution in [0, 0.1) is 5.92 Å². The summed E-state index contributed by atoms with van der Waals surface area (Å²) in [5.74, 6) is 0.414. The van der Waals surface area contributed by atoms with E-state index in [-0.39, 0.29) is 0 Å². The number of carbonyl (C=O) groups is 2. The Balaban J connectivity index is 1.52. The molecule has 0 atom stereocenters. The first kappa shape index (κ1) is 21.0. The molecule has 1 aromatic carbocycles. The molecule has 0 unspecified atom stereocenters. The molecule has 2 aliphatic heterocycles. The van der Waals surface area contributed by atoms with Gasteiger partial charge in [-0.3, -0.25) is 14.9 Å². The van der Waals surface area contributed by atoms with Crippen molar-refractivity contribution in [1.82, 2.24) is 25.6 Å². The molecule has 0 aliphatic carbocycles. The lowest BCUT2D eigenvalue weighted by molar-refractivity contribution is -0.122. The molecule has 0 bridgehead atoms. The van der Waals surface area contributed by atoms with Crippen molar-refractivity contribution in [2.24, 2.45) is 5.92 Å². The third-order valence-corrected chi connectivity index (χ3v) is 7.57. The molecule has 1 saturated heterocycles. The Hall–Kier alpha value is -3.56. The Kier molecular flexibility index (Phi) is 5.15. The van der Waals surface area contributed by atoms with Crippen LogP contribution < -0.4 is 15.5 Å². The smallest absolute Gasteiger partial charge is 0.261 e. The number of imide groups is 1. The number of fused-ring (bicyclic) bond motifs is 2. The molecule has 0 saturated carbocycles. The first-order chi connectivity index (χ1) is 16.6. The van der Waals surface area contributed by atoms with E-state index < -0.39 is 11.8 Å². The van der Waals surface area contributed by atoms with Crippen molar-refractivity contribution in [3.05, 3.63) is 53.2 Å². The van der Waals surface area contributed by atoms with E-state index in [2.05, 4.69) is 20.5 Å². The van der Waals surface area contributed by atoms with E-state index in [9.17, 15) is 9.59 Å². The van der Waals surface area contributed by atoms with Crippen molar-refractivity contribution in [3.63, 3.8) is 0 Å². The normalized spacial score (nSPS) is 17.4. The van der Waals surface area contributed by atoms with Crippen LogP contribution in [-0.2, 0) is 9.59 Å². The molecule has 3 aromatic heterocycles. The summed E-state index contributed by atoms with van der Waals surface area (Å²) in [4.78, 5) is 42.2. The van der Waals surface area contributed by atoms with E-state index >= 15 is 0 Å². The van der Waals surface area contributed by atoms with Gasteiger partial charge in [0.15, 0.2) is 0 Å². The number of hydrogen-bond acceptors (Lipinski definition) is 7. The van der Waals surface area contributed by atoms with Crippen molar-refractivity contribution < 1.29 is 9.59 Å². The van der Waals surface area contributed by atoms with Gasteiger partial charge in [0.2, 0.25) is 5.95 Å². The van der Waals surface area contributed by atoms with E-state index in [1.165, 1.54) is 0 Å². The van der Waals surface area contributed by atoms with Gasteiger partial charge in [0.25, 0.3) is 11.8 Å². The Labute approximate surface area is 200 Å².